The van der Waals surface area contributed by atoms with E-state index in [-0.39, 0.29) is 0 Å². The van der Waals surface area contributed by atoms with Gasteiger partial charge in [0.2, 0.25) is 0 Å². The first-order valence-electron chi connectivity index (χ1n) is 6.46. The van der Waals surface area contributed by atoms with Gasteiger partial charge in [-0.2, -0.15) is 0 Å². The summed E-state index contributed by atoms with van der Waals surface area (Å²) in [5, 5.41) is 3.10. The molecule has 0 amide bonds. The third kappa shape index (κ3) is 2.93. The summed E-state index contributed by atoms with van der Waals surface area (Å²) >= 11 is 3.56. The minimum Gasteiger partial charge on any atom is -0.497 e. The molecule has 1 heterocycles. The zero-order valence-corrected chi connectivity index (χ0v) is 13.7. The second-order valence-corrected chi connectivity index (χ2v) is 5.52. The van der Waals surface area contributed by atoms with Crippen molar-refractivity contribution in [1.29, 1.82) is 0 Å². The molecule has 0 unspecified atom stereocenters. The van der Waals surface area contributed by atoms with Gasteiger partial charge in [0.05, 0.1) is 17.3 Å². The lowest BCUT2D eigenvalue weighted by atomic mass is 10.1. The number of nitrogens with one attached hydrogen (secondary N) is 1. The van der Waals surface area contributed by atoms with Crippen LogP contribution in [0.4, 0.5) is 5.82 Å². The molecule has 0 aliphatic rings. The Kier molecular flexibility index (Phi) is 4.60. The summed E-state index contributed by atoms with van der Waals surface area (Å²) < 4.78 is 6.17. The number of nitrogens with zero attached hydrogens (tertiary/aromatic N) is 2. The first-order valence-corrected chi connectivity index (χ1v) is 7.25. The van der Waals surface area contributed by atoms with Crippen LogP contribution in [0.5, 0.6) is 5.75 Å². The van der Waals surface area contributed by atoms with Crippen molar-refractivity contribution in [3.8, 4) is 17.1 Å². The third-order valence-corrected chi connectivity index (χ3v) is 3.77. The number of methoxy groups -OCH3 is 1. The van der Waals surface area contributed by atoms with Gasteiger partial charge < -0.3 is 10.1 Å². The van der Waals surface area contributed by atoms with E-state index in [1.807, 2.05) is 31.3 Å². The molecule has 0 saturated carbocycles. The number of aromatic nitrogens is 2. The summed E-state index contributed by atoms with van der Waals surface area (Å²) in [5.74, 6) is 2.59. The van der Waals surface area contributed by atoms with E-state index < -0.39 is 0 Å². The fraction of sp³-hybridized carbons (Fsp3) is 0.333. The highest BCUT2D eigenvalue weighted by Gasteiger charge is 2.15. The van der Waals surface area contributed by atoms with E-state index in [9.17, 15) is 0 Å². The van der Waals surface area contributed by atoms with E-state index in [0.29, 0.717) is 11.7 Å². The van der Waals surface area contributed by atoms with E-state index in [2.05, 4.69) is 45.1 Å². The van der Waals surface area contributed by atoms with Crippen LogP contribution in [-0.2, 0) is 0 Å². The summed E-state index contributed by atoms with van der Waals surface area (Å²) in [4.78, 5) is 9.23. The molecule has 0 saturated heterocycles. The number of benzene rings is 1. The molecule has 20 heavy (non-hydrogen) atoms. The topological polar surface area (TPSA) is 47.0 Å². The van der Waals surface area contributed by atoms with Crippen molar-refractivity contribution in [2.45, 2.75) is 19.8 Å². The Bertz CT molecular complexity index is 614. The predicted molar refractivity (Wildman–Crippen MR) is 85.4 cm³/mol. The van der Waals surface area contributed by atoms with Crippen LogP contribution in [0.25, 0.3) is 11.4 Å². The molecule has 1 aromatic carbocycles. The molecule has 4 nitrogen and oxygen atoms in total. The minimum absolute atomic E-state index is 0.309. The van der Waals surface area contributed by atoms with Crippen molar-refractivity contribution in [1.82, 2.24) is 9.97 Å². The average Bonchev–Trinajstić information content (AvgIpc) is 2.47. The highest BCUT2D eigenvalue weighted by atomic mass is 79.9. The van der Waals surface area contributed by atoms with Crippen molar-refractivity contribution in [3.05, 3.63) is 34.4 Å². The van der Waals surface area contributed by atoms with Gasteiger partial charge >= 0.3 is 0 Å². The van der Waals surface area contributed by atoms with Crippen LogP contribution in [0.15, 0.2) is 28.7 Å². The maximum absolute atomic E-state index is 5.25. The van der Waals surface area contributed by atoms with E-state index in [1.54, 1.807) is 7.11 Å². The van der Waals surface area contributed by atoms with E-state index in [0.717, 1.165) is 27.3 Å². The molecule has 0 spiro atoms. The zero-order chi connectivity index (χ0) is 14.7. The van der Waals surface area contributed by atoms with Crippen LogP contribution in [0.3, 0.4) is 0 Å². The van der Waals surface area contributed by atoms with Crippen molar-refractivity contribution in [2.24, 2.45) is 0 Å². The van der Waals surface area contributed by atoms with E-state index in [4.69, 9.17) is 4.74 Å². The number of ether oxygens (including phenoxy) is 1. The summed E-state index contributed by atoms with van der Waals surface area (Å²) in [6, 6.07) is 7.76. The van der Waals surface area contributed by atoms with Gasteiger partial charge in [-0.1, -0.05) is 26.0 Å². The Labute approximate surface area is 127 Å². The number of hydrogen-bond donors (Lipinski definition) is 1. The quantitative estimate of drug-likeness (QED) is 0.914. The summed E-state index contributed by atoms with van der Waals surface area (Å²) in [5.41, 5.74) is 1.93. The van der Waals surface area contributed by atoms with Gasteiger partial charge in [0, 0.05) is 12.6 Å². The van der Waals surface area contributed by atoms with Gasteiger partial charge in [-0.15, -0.1) is 0 Å². The first-order chi connectivity index (χ1) is 9.56. The van der Waals surface area contributed by atoms with E-state index in [1.165, 1.54) is 0 Å². The lowest BCUT2D eigenvalue weighted by molar-refractivity contribution is 0.415. The molecule has 5 heteroatoms. The molecular weight excluding hydrogens is 318 g/mol. The Morgan fingerprint density at radius 3 is 2.60 bits per heavy atom. The minimum atomic E-state index is 0.309. The maximum Gasteiger partial charge on any atom is 0.161 e. The lowest BCUT2D eigenvalue weighted by Gasteiger charge is -2.13. The monoisotopic (exact) mass is 335 g/mol. The zero-order valence-electron chi connectivity index (χ0n) is 12.1. The fourth-order valence-electron chi connectivity index (χ4n) is 1.90. The normalized spacial score (nSPS) is 10.7. The Morgan fingerprint density at radius 2 is 2.00 bits per heavy atom. The molecule has 0 radical (unpaired) electrons. The van der Waals surface area contributed by atoms with Crippen molar-refractivity contribution >= 4 is 21.7 Å². The molecule has 0 bridgehead atoms. The van der Waals surface area contributed by atoms with Gasteiger partial charge in [0.1, 0.15) is 11.6 Å². The largest absolute Gasteiger partial charge is 0.497 e. The molecule has 2 rings (SSSR count). The highest BCUT2D eigenvalue weighted by Crippen LogP contribution is 2.31. The van der Waals surface area contributed by atoms with Crippen LogP contribution in [0.1, 0.15) is 25.5 Å². The molecule has 2 aromatic rings. The Balaban J connectivity index is 2.58. The van der Waals surface area contributed by atoms with Crippen molar-refractivity contribution in [3.63, 3.8) is 0 Å². The molecule has 0 atom stereocenters. The average molecular weight is 336 g/mol. The van der Waals surface area contributed by atoms with Gasteiger partial charge in [0.15, 0.2) is 5.82 Å². The van der Waals surface area contributed by atoms with Crippen LogP contribution >= 0.6 is 15.9 Å². The Hall–Kier alpha value is -1.62. The number of anilines is 1. The van der Waals surface area contributed by atoms with Gasteiger partial charge in [-0.25, -0.2) is 9.97 Å². The SMILES string of the molecule is CNc1nc(-c2cccc(OC)c2)nc(C(C)C)c1Br. The van der Waals surface area contributed by atoms with Crippen LogP contribution in [-0.4, -0.2) is 24.1 Å². The molecule has 0 fully saturated rings. The standard InChI is InChI=1S/C15H18BrN3O/c1-9(2)13-12(16)15(17-3)19-14(18-13)10-6-5-7-11(8-10)20-4/h5-9H,1-4H3,(H,17,18,19). The third-order valence-electron chi connectivity index (χ3n) is 2.99. The van der Waals surface area contributed by atoms with Crippen LogP contribution < -0.4 is 10.1 Å². The van der Waals surface area contributed by atoms with Gasteiger partial charge in [-0.05, 0) is 34.0 Å². The molecule has 106 valence electrons. The maximum atomic E-state index is 5.25. The smallest absolute Gasteiger partial charge is 0.161 e. The fourth-order valence-corrected chi connectivity index (χ4v) is 2.74. The first kappa shape index (κ1) is 14.8. The molecule has 0 aliphatic carbocycles. The molecule has 0 aliphatic heterocycles. The van der Waals surface area contributed by atoms with E-state index >= 15 is 0 Å². The Morgan fingerprint density at radius 1 is 1.25 bits per heavy atom. The highest BCUT2D eigenvalue weighted by molar-refractivity contribution is 9.10. The second-order valence-electron chi connectivity index (χ2n) is 4.73. The summed E-state index contributed by atoms with van der Waals surface area (Å²) in [6.45, 7) is 4.23. The number of halogens is 1. The predicted octanol–water partition coefficient (Wildman–Crippen LogP) is 4.08. The lowest BCUT2D eigenvalue weighted by Crippen LogP contribution is -2.04. The second kappa shape index (κ2) is 6.22. The molecule has 1 aromatic heterocycles. The number of hydrogen-bond acceptors (Lipinski definition) is 4. The van der Waals surface area contributed by atoms with Crippen LogP contribution in [0, 0.1) is 0 Å². The number of rotatable bonds is 4. The molecule has 1 N–H and O–H groups in total. The van der Waals surface area contributed by atoms with Gasteiger partial charge in [0.25, 0.3) is 0 Å². The summed E-state index contributed by atoms with van der Waals surface area (Å²) in [6.07, 6.45) is 0. The van der Waals surface area contributed by atoms with Crippen molar-refractivity contribution < 1.29 is 4.74 Å². The molecular formula is C15H18BrN3O. The van der Waals surface area contributed by atoms with Crippen molar-refractivity contribution in [2.75, 3.05) is 19.5 Å². The summed E-state index contributed by atoms with van der Waals surface area (Å²) in [7, 11) is 3.51. The van der Waals surface area contributed by atoms with Crippen LogP contribution in [0.2, 0.25) is 0 Å². The van der Waals surface area contributed by atoms with Gasteiger partial charge in [-0.3, -0.25) is 0 Å².